The molecule has 2 aromatic rings. The molecule has 0 atom stereocenters. The molecule has 3 rings (SSSR count). The van der Waals surface area contributed by atoms with Crippen molar-refractivity contribution in [3.05, 3.63) is 64.9 Å². The molecule has 0 N–H and O–H groups in total. The Bertz CT molecular complexity index is 604. The minimum atomic E-state index is 0.791. The number of hydrazone groups is 1. The number of rotatable bonds is 4. The Morgan fingerprint density at radius 3 is 2.36 bits per heavy atom. The van der Waals surface area contributed by atoms with Gasteiger partial charge in [-0.3, -0.25) is 14.9 Å². The molecule has 0 spiro atoms. The summed E-state index contributed by atoms with van der Waals surface area (Å²) in [6, 6.07) is 12.0. The average Bonchev–Trinajstić information content (AvgIpc) is 2.57. The van der Waals surface area contributed by atoms with Crippen LogP contribution in [0.1, 0.15) is 11.1 Å². The van der Waals surface area contributed by atoms with Crippen LogP contribution in [0.25, 0.3) is 0 Å². The van der Waals surface area contributed by atoms with E-state index in [9.17, 15) is 0 Å². The second-order valence-electron chi connectivity index (χ2n) is 5.38. The van der Waals surface area contributed by atoms with Crippen LogP contribution in [0.3, 0.4) is 0 Å². The maximum absolute atomic E-state index is 5.92. The minimum absolute atomic E-state index is 0.791. The van der Waals surface area contributed by atoms with E-state index in [1.165, 1.54) is 5.56 Å². The van der Waals surface area contributed by atoms with E-state index in [0.29, 0.717) is 0 Å². The molecule has 0 bridgehead atoms. The second kappa shape index (κ2) is 7.38. The summed E-state index contributed by atoms with van der Waals surface area (Å²) in [5.41, 5.74) is 2.39. The molecule has 2 heterocycles. The zero-order valence-electron chi connectivity index (χ0n) is 12.4. The van der Waals surface area contributed by atoms with Gasteiger partial charge in [-0.15, -0.1) is 0 Å². The third-order valence-corrected chi connectivity index (χ3v) is 4.00. The van der Waals surface area contributed by atoms with Gasteiger partial charge >= 0.3 is 0 Å². The molecule has 1 aromatic carbocycles. The van der Waals surface area contributed by atoms with Gasteiger partial charge < -0.3 is 0 Å². The van der Waals surface area contributed by atoms with Crippen molar-refractivity contribution in [2.75, 3.05) is 26.2 Å². The predicted octanol–water partition coefficient (Wildman–Crippen LogP) is 2.89. The Kier molecular flexibility index (Phi) is 5.03. The Morgan fingerprint density at radius 2 is 1.68 bits per heavy atom. The maximum Gasteiger partial charge on any atom is 0.0544 e. The largest absolute Gasteiger partial charge is 0.295 e. The van der Waals surface area contributed by atoms with Gasteiger partial charge in [0.2, 0.25) is 0 Å². The fraction of sp³-hybridized carbons (Fsp3) is 0.294. The van der Waals surface area contributed by atoms with E-state index >= 15 is 0 Å². The standard InChI is InChI=1S/C17H19ClN4/c18-17-3-1-16(2-4-17)14-21-9-11-22(12-10-21)20-13-15-5-7-19-8-6-15/h1-8,13H,9-12,14H2/b20-13+. The van der Waals surface area contributed by atoms with Crippen molar-refractivity contribution in [2.24, 2.45) is 5.10 Å². The van der Waals surface area contributed by atoms with Crippen LogP contribution in [0.15, 0.2) is 53.9 Å². The van der Waals surface area contributed by atoms with E-state index in [-0.39, 0.29) is 0 Å². The topological polar surface area (TPSA) is 31.7 Å². The molecule has 1 aliphatic rings. The third kappa shape index (κ3) is 4.29. The highest BCUT2D eigenvalue weighted by atomic mass is 35.5. The first-order valence-electron chi connectivity index (χ1n) is 7.45. The molecule has 4 nitrogen and oxygen atoms in total. The molecule has 0 amide bonds. The summed E-state index contributed by atoms with van der Waals surface area (Å²) in [6.45, 7) is 4.93. The molecule has 22 heavy (non-hydrogen) atoms. The number of aromatic nitrogens is 1. The summed E-state index contributed by atoms with van der Waals surface area (Å²) < 4.78 is 0. The molecule has 1 saturated heterocycles. The molecule has 0 radical (unpaired) electrons. The van der Waals surface area contributed by atoms with Gasteiger partial charge in [0.25, 0.3) is 0 Å². The van der Waals surface area contributed by atoms with Gasteiger partial charge in [0.1, 0.15) is 0 Å². The minimum Gasteiger partial charge on any atom is -0.295 e. The number of nitrogens with zero attached hydrogens (tertiary/aromatic N) is 4. The van der Waals surface area contributed by atoms with Crippen LogP contribution < -0.4 is 0 Å². The number of pyridine rings is 1. The molecule has 1 aromatic heterocycles. The van der Waals surface area contributed by atoms with E-state index in [4.69, 9.17) is 11.6 Å². The smallest absolute Gasteiger partial charge is 0.0544 e. The third-order valence-electron chi connectivity index (χ3n) is 3.74. The van der Waals surface area contributed by atoms with Gasteiger partial charge in [0.15, 0.2) is 0 Å². The average molecular weight is 315 g/mol. The van der Waals surface area contributed by atoms with Gasteiger partial charge in [-0.2, -0.15) is 5.10 Å². The SMILES string of the molecule is Clc1ccc(CN2CCN(/N=C/c3ccncc3)CC2)cc1. The second-order valence-corrected chi connectivity index (χ2v) is 5.82. The first-order valence-corrected chi connectivity index (χ1v) is 7.83. The summed E-state index contributed by atoms with van der Waals surface area (Å²) in [6.07, 6.45) is 5.47. The lowest BCUT2D eigenvalue weighted by Gasteiger charge is -2.33. The van der Waals surface area contributed by atoms with Gasteiger partial charge in [-0.1, -0.05) is 23.7 Å². The van der Waals surface area contributed by atoms with Crippen LogP contribution >= 0.6 is 11.6 Å². The highest BCUT2D eigenvalue weighted by molar-refractivity contribution is 6.30. The zero-order chi connectivity index (χ0) is 15.2. The van der Waals surface area contributed by atoms with Crippen LogP contribution in [-0.4, -0.2) is 47.3 Å². The number of piperazine rings is 1. The molecular formula is C17H19ClN4. The fourth-order valence-corrected chi connectivity index (χ4v) is 2.58. The number of halogens is 1. The molecule has 0 unspecified atom stereocenters. The van der Waals surface area contributed by atoms with Crippen molar-refractivity contribution in [1.29, 1.82) is 0 Å². The van der Waals surface area contributed by atoms with E-state index < -0.39 is 0 Å². The Morgan fingerprint density at radius 1 is 1.00 bits per heavy atom. The van der Waals surface area contributed by atoms with Crippen LogP contribution in [0.2, 0.25) is 5.02 Å². The first kappa shape index (κ1) is 15.0. The maximum atomic E-state index is 5.92. The van der Waals surface area contributed by atoms with Gasteiger partial charge in [0, 0.05) is 50.1 Å². The van der Waals surface area contributed by atoms with Crippen molar-refractivity contribution in [3.8, 4) is 0 Å². The normalized spacial score (nSPS) is 16.3. The van der Waals surface area contributed by atoms with Crippen LogP contribution in [0.4, 0.5) is 0 Å². The number of benzene rings is 1. The van der Waals surface area contributed by atoms with E-state index in [1.807, 2.05) is 30.5 Å². The van der Waals surface area contributed by atoms with Crippen molar-refractivity contribution >= 4 is 17.8 Å². The molecule has 0 aliphatic carbocycles. The predicted molar refractivity (Wildman–Crippen MR) is 90.1 cm³/mol. The van der Waals surface area contributed by atoms with Gasteiger partial charge in [-0.25, -0.2) is 0 Å². The summed E-state index contributed by atoms with van der Waals surface area (Å²) in [5.74, 6) is 0. The lowest BCUT2D eigenvalue weighted by molar-refractivity contribution is 0.131. The lowest BCUT2D eigenvalue weighted by atomic mass is 10.2. The van der Waals surface area contributed by atoms with Crippen molar-refractivity contribution in [1.82, 2.24) is 14.9 Å². The molecule has 1 fully saturated rings. The van der Waals surface area contributed by atoms with Crippen LogP contribution in [0.5, 0.6) is 0 Å². The van der Waals surface area contributed by atoms with Crippen LogP contribution in [-0.2, 0) is 6.54 Å². The number of hydrogen-bond acceptors (Lipinski definition) is 4. The summed E-state index contributed by atoms with van der Waals surface area (Å²) in [5, 5.41) is 7.46. The summed E-state index contributed by atoms with van der Waals surface area (Å²) in [4.78, 5) is 6.45. The zero-order valence-corrected chi connectivity index (χ0v) is 13.2. The molecule has 114 valence electrons. The molecule has 5 heteroatoms. The van der Waals surface area contributed by atoms with Crippen LogP contribution in [0, 0.1) is 0 Å². The van der Waals surface area contributed by atoms with Crippen molar-refractivity contribution < 1.29 is 0 Å². The number of hydrogen-bond donors (Lipinski definition) is 0. The molecule has 1 aliphatic heterocycles. The summed E-state index contributed by atoms with van der Waals surface area (Å²) in [7, 11) is 0. The molecular weight excluding hydrogens is 296 g/mol. The molecule has 0 saturated carbocycles. The van der Waals surface area contributed by atoms with E-state index in [0.717, 1.165) is 43.3 Å². The fourth-order valence-electron chi connectivity index (χ4n) is 2.46. The quantitative estimate of drug-likeness (QED) is 0.813. The van der Waals surface area contributed by atoms with E-state index in [2.05, 4.69) is 32.1 Å². The highest BCUT2D eigenvalue weighted by Crippen LogP contribution is 2.13. The lowest BCUT2D eigenvalue weighted by Crippen LogP contribution is -2.43. The van der Waals surface area contributed by atoms with Crippen molar-refractivity contribution in [3.63, 3.8) is 0 Å². The summed E-state index contributed by atoms with van der Waals surface area (Å²) >= 11 is 5.92. The Balaban J connectivity index is 1.48. The highest BCUT2D eigenvalue weighted by Gasteiger charge is 2.15. The van der Waals surface area contributed by atoms with E-state index in [1.54, 1.807) is 12.4 Å². The monoisotopic (exact) mass is 314 g/mol. The van der Waals surface area contributed by atoms with Gasteiger partial charge in [0.05, 0.1) is 6.21 Å². The first-order chi connectivity index (χ1) is 10.8. The Labute approximate surface area is 136 Å². The van der Waals surface area contributed by atoms with Gasteiger partial charge in [-0.05, 0) is 35.4 Å². The van der Waals surface area contributed by atoms with Crippen molar-refractivity contribution in [2.45, 2.75) is 6.54 Å². The Hall–Kier alpha value is -1.91.